The van der Waals surface area contributed by atoms with Crippen molar-refractivity contribution in [3.63, 3.8) is 0 Å². The molecule has 4 heteroatoms. The van der Waals surface area contributed by atoms with E-state index in [0.29, 0.717) is 17.1 Å². The molecule has 0 saturated carbocycles. The van der Waals surface area contributed by atoms with Gasteiger partial charge in [-0.05, 0) is 69.0 Å². The van der Waals surface area contributed by atoms with E-state index < -0.39 is 10.0 Å². The fourth-order valence-corrected chi connectivity index (χ4v) is 4.82. The number of aryl methyl sites for hydroxylation is 2. The minimum Gasteiger partial charge on any atom is -0.267 e. The highest BCUT2D eigenvalue weighted by atomic mass is 32.2. The number of hydrogen-bond acceptors (Lipinski definition) is 2. The number of para-hydroxylation sites is 1. The largest absolute Gasteiger partial charge is 0.267 e. The number of nitrogens with zero attached hydrogens (tertiary/aromatic N) is 1. The number of hydrogen-bond donors (Lipinski definition) is 0. The zero-order chi connectivity index (χ0) is 16.5. The maximum atomic E-state index is 13.2. The Morgan fingerprint density at radius 1 is 0.909 bits per heavy atom. The first-order valence-corrected chi connectivity index (χ1v) is 8.90. The number of benzene rings is 2. The molecule has 3 nitrogen and oxygen atoms in total. The Balaban J connectivity index is 2.70. The first-order valence-electron chi connectivity index (χ1n) is 7.46. The molecule has 0 radical (unpaired) electrons. The zero-order valence-electron chi connectivity index (χ0n) is 13.8. The highest BCUT2D eigenvalue weighted by Gasteiger charge is 2.28. The van der Waals surface area contributed by atoms with E-state index in [2.05, 4.69) is 0 Å². The molecule has 0 bridgehead atoms. The average Bonchev–Trinajstić information content (AvgIpc) is 2.47. The Morgan fingerprint density at radius 2 is 1.41 bits per heavy atom. The van der Waals surface area contributed by atoms with Crippen LogP contribution >= 0.6 is 0 Å². The van der Waals surface area contributed by atoms with Gasteiger partial charge in [0.1, 0.15) is 0 Å². The van der Waals surface area contributed by atoms with E-state index in [1.807, 2.05) is 71.0 Å². The van der Waals surface area contributed by atoms with Crippen LogP contribution in [0.4, 0.5) is 5.69 Å². The molecule has 0 saturated heterocycles. The Labute approximate surface area is 133 Å². The first kappa shape index (κ1) is 16.6. The second-order valence-electron chi connectivity index (χ2n) is 5.59. The third-order valence-electron chi connectivity index (χ3n) is 4.18. The maximum absolute atomic E-state index is 13.2. The predicted molar refractivity (Wildman–Crippen MR) is 92.0 cm³/mol. The van der Waals surface area contributed by atoms with Crippen LogP contribution in [0, 0.1) is 27.7 Å². The molecule has 2 aromatic rings. The van der Waals surface area contributed by atoms with Gasteiger partial charge in [0, 0.05) is 6.54 Å². The summed E-state index contributed by atoms with van der Waals surface area (Å²) in [4.78, 5) is 0.440. The van der Waals surface area contributed by atoms with Crippen LogP contribution in [-0.2, 0) is 10.0 Å². The van der Waals surface area contributed by atoms with E-state index in [9.17, 15) is 8.42 Å². The summed E-state index contributed by atoms with van der Waals surface area (Å²) < 4.78 is 27.9. The molecule has 0 N–H and O–H groups in total. The fourth-order valence-electron chi connectivity index (χ4n) is 2.76. The van der Waals surface area contributed by atoms with E-state index in [1.54, 1.807) is 0 Å². The molecule has 0 unspecified atom stereocenters. The van der Waals surface area contributed by atoms with Gasteiger partial charge < -0.3 is 0 Å². The lowest BCUT2D eigenvalue weighted by Gasteiger charge is -2.26. The number of anilines is 1. The summed E-state index contributed by atoms with van der Waals surface area (Å²) in [7, 11) is -3.58. The minimum atomic E-state index is -3.58. The van der Waals surface area contributed by atoms with Crippen molar-refractivity contribution in [1.82, 2.24) is 0 Å². The van der Waals surface area contributed by atoms with Crippen LogP contribution in [0.2, 0.25) is 0 Å². The molecule has 0 amide bonds. The molecule has 0 aliphatic rings. The summed E-state index contributed by atoms with van der Waals surface area (Å²) in [6.45, 7) is 9.94. The summed E-state index contributed by atoms with van der Waals surface area (Å²) in [6.07, 6.45) is 0. The summed E-state index contributed by atoms with van der Waals surface area (Å²) in [5.74, 6) is 0. The van der Waals surface area contributed by atoms with E-state index in [4.69, 9.17) is 0 Å². The lowest BCUT2D eigenvalue weighted by Crippen LogP contribution is -2.32. The number of rotatable bonds is 4. The molecule has 2 rings (SSSR count). The van der Waals surface area contributed by atoms with Crippen molar-refractivity contribution >= 4 is 15.7 Å². The zero-order valence-corrected chi connectivity index (χ0v) is 14.7. The highest BCUT2D eigenvalue weighted by molar-refractivity contribution is 7.93. The summed E-state index contributed by atoms with van der Waals surface area (Å²) >= 11 is 0. The third-order valence-corrected chi connectivity index (χ3v) is 6.35. The Hall–Kier alpha value is -1.81. The van der Waals surface area contributed by atoms with E-state index in [-0.39, 0.29) is 0 Å². The highest BCUT2D eigenvalue weighted by Crippen LogP contribution is 2.31. The Bertz CT molecular complexity index is 754. The molecular weight excluding hydrogens is 294 g/mol. The van der Waals surface area contributed by atoms with E-state index in [1.165, 1.54) is 4.31 Å². The van der Waals surface area contributed by atoms with E-state index in [0.717, 1.165) is 22.3 Å². The van der Waals surface area contributed by atoms with Crippen molar-refractivity contribution in [1.29, 1.82) is 0 Å². The normalized spacial score (nSPS) is 11.5. The molecule has 0 aromatic heterocycles. The fraction of sp³-hybridized carbons (Fsp3) is 0.333. The molecule has 118 valence electrons. The topological polar surface area (TPSA) is 37.4 Å². The van der Waals surface area contributed by atoms with Gasteiger partial charge in [-0.2, -0.15) is 0 Å². The standard InChI is InChI=1S/C18H23NO2S/c1-6-19(17-10-8-7-9-11-17)22(20,21)18-15(4)13(2)12-14(3)16(18)5/h7-12H,6H2,1-5H3. The van der Waals surface area contributed by atoms with Crippen molar-refractivity contribution in [2.45, 2.75) is 39.5 Å². The molecule has 2 aromatic carbocycles. The molecule has 22 heavy (non-hydrogen) atoms. The third kappa shape index (κ3) is 2.75. The first-order chi connectivity index (χ1) is 10.3. The van der Waals surface area contributed by atoms with Gasteiger partial charge in [0.15, 0.2) is 0 Å². The quantitative estimate of drug-likeness (QED) is 0.850. The Morgan fingerprint density at radius 3 is 1.86 bits per heavy atom. The second kappa shape index (κ2) is 6.13. The van der Waals surface area contributed by atoms with Crippen LogP contribution in [-0.4, -0.2) is 15.0 Å². The van der Waals surface area contributed by atoms with Gasteiger partial charge in [0.05, 0.1) is 10.6 Å². The van der Waals surface area contributed by atoms with Gasteiger partial charge in [-0.25, -0.2) is 8.42 Å². The van der Waals surface area contributed by atoms with Crippen LogP contribution in [0.5, 0.6) is 0 Å². The van der Waals surface area contributed by atoms with Gasteiger partial charge in [0.2, 0.25) is 0 Å². The minimum absolute atomic E-state index is 0.401. The molecule has 0 spiro atoms. The van der Waals surface area contributed by atoms with Crippen LogP contribution in [0.1, 0.15) is 29.2 Å². The summed E-state index contributed by atoms with van der Waals surface area (Å²) in [5.41, 5.74) is 4.37. The van der Waals surface area contributed by atoms with Crippen molar-refractivity contribution in [2.24, 2.45) is 0 Å². The molecule has 0 aliphatic carbocycles. The SMILES string of the molecule is CCN(c1ccccc1)S(=O)(=O)c1c(C)c(C)cc(C)c1C. The van der Waals surface area contributed by atoms with Crippen LogP contribution in [0.3, 0.4) is 0 Å². The van der Waals surface area contributed by atoms with Crippen LogP contribution in [0.25, 0.3) is 0 Å². The molecule has 0 atom stereocenters. The van der Waals surface area contributed by atoms with Crippen molar-refractivity contribution in [3.8, 4) is 0 Å². The molecule has 0 fully saturated rings. The average molecular weight is 317 g/mol. The lowest BCUT2D eigenvalue weighted by molar-refractivity contribution is 0.590. The monoisotopic (exact) mass is 317 g/mol. The summed E-state index contributed by atoms with van der Waals surface area (Å²) in [5, 5.41) is 0. The molecule has 0 heterocycles. The maximum Gasteiger partial charge on any atom is 0.264 e. The molecular formula is C18H23NO2S. The lowest BCUT2D eigenvalue weighted by atomic mass is 10.0. The van der Waals surface area contributed by atoms with Gasteiger partial charge in [0.25, 0.3) is 10.0 Å². The Kier molecular flexibility index (Phi) is 4.61. The summed E-state index contributed by atoms with van der Waals surface area (Å²) in [6, 6.07) is 11.3. The smallest absolute Gasteiger partial charge is 0.264 e. The van der Waals surface area contributed by atoms with E-state index >= 15 is 0 Å². The van der Waals surface area contributed by atoms with Crippen LogP contribution < -0.4 is 4.31 Å². The van der Waals surface area contributed by atoms with Crippen molar-refractivity contribution < 1.29 is 8.42 Å². The predicted octanol–water partition coefficient (Wildman–Crippen LogP) is 4.14. The van der Waals surface area contributed by atoms with Crippen LogP contribution in [0.15, 0.2) is 41.3 Å². The van der Waals surface area contributed by atoms with Gasteiger partial charge in [-0.1, -0.05) is 24.3 Å². The van der Waals surface area contributed by atoms with Gasteiger partial charge >= 0.3 is 0 Å². The van der Waals surface area contributed by atoms with Gasteiger partial charge in [-0.15, -0.1) is 0 Å². The van der Waals surface area contributed by atoms with Gasteiger partial charge in [-0.3, -0.25) is 4.31 Å². The van der Waals surface area contributed by atoms with Crippen molar-refractivity contribution in [2.75, 3.05) is 10.8 Å². The second-order valence-corrected chi connectivity index (χ2v) is 7.39. The molecule has 0 aliphatic heterocycles. The number of sulfonamides is 1. The van der Waals surface area contributed by atoms with Crippen molar-refractivity contribution in [3.05, 3.63) is 58.7 Å².